The number of benzene rings is 2. The van der Waals surface area contributed by atoms with Crippen molar-refractivity contribution in [3.8, 4) is 0 Å². The minimum Gasteiger partial charge on any atom is -0.350 e. The molecule has 2 N–H and O–H groups in total. The lowest BCUT2D eigenvalue weighted by molar-refractivity contribution is -0.122. The van der Waals surface area contributed by atoms with Crippen LogP contribution < -0.4 is 10.6 Å². The standard InChI is InChI=1S/C20H21N5O2/c1-14-7-9-16(10-8-14)19(27)23-20-22-13-25(24-20)12-18(26)21-11-17-6-4-3-5-15(17)2/h3-10,13H,11-12H2,1-2H3,(H,21,26)(H,23,24,27). The summed E-state index contributed by atoms with van der Waals surface area (Å²) in [4.78, 5) is 28.3. The van der Waals surface area contributed by atoms with Gasteiger partial charge in [0.25, 0.3) is 5.91 Å². The summed E-state index contributed by atoms with van der Waals surface area (Å²) in [5, 5.41) is 9.60. The first-order valence-corrected chi connectivity index (χ1v) is 8.60. The second kappa shape index (κ2) is 8.27. The van der Waals surface area contributed by atoms with Crippen LogP contribution in [0.5, 0.6) is 0 Å². The van der Waals surface area contributed by atoms with Crippen LogP contribution in [0.2, 0.25) is 0 Å². The number of anilines is 1. The van der Waals surface area contributed by atoms with Crippen molar-refractivity contribution >= 4 is 17.8 Å². The lowest BCUT2D eigenvalue weighted by Gasteiger charge is -2.07. The van der Waals surface area contributed by atoms with Crippen LogP contribution in [0.15, 0.2) is 54.9 Å². The molecule has 3 rings (SSSR count). The minimum atomic E-state index is -0.295. The number of hydrogen-bond donors (Lipinski definition) is 2. The third-order valence-corrected chi connectivity index (χ3v) is 4.12. The molecule has 27 heavy (non-hydrogen) atoms. The Bertz CT molecular complexity index is 947. The van der Waals surface area contributed by atoms with Crippen molar-refractivity contribution in [3.05, 3.63) is 77.1 Å². The van der Waals surface area contributed by atoms with Crippen LogP contribution in [-0.4, -0.2) is 26.6 Å². The monoisotopic (exact) mass is 363 g/mol. The van der Waals surface area contributed by atoms with Crippen molar-refractivity contribution < 1.29 is 9.59 Å². The number of rotatable bonds is 6. The lowest BCUT2D eigenvalue weighted by Crippen LogP contribution is -2.27. The summed E-state index contributed by atoms with van der Waals surface area (Å²) < 4.78 is 1.39. The van der Waals surface area contributed by atoms with E-state index in [-0.39, 0.29) is 24.3 Å². The highest BCUT2D eigenvalue weighted by Crippen LogP contribution is 2.07. The smallest absolute Gasteiger partial charge is 0.258 e. The van der Waals surface area contributed by atoms with Gasteiger partial charge in [0, 0.05) is 12.1 Å². The molecule has 0 fully saturated rings. The molecule has 0 saturated carbocycles. The highest BCUT2D eigenvalue weighted by molar-refractivity contribution is 6.03. The van der Waals surface area contributed by atoms with Gasteiger partial charge in [-0.05, 0) is 37.1 Å². The largest absolute Gasteiger partial charge is 0.350 e. The lowest BCUT2D eigenvalue weighted by atomic mass is 10.1. The van der Waals surface area contributed by atoms with Gasteiger partial charge in [-0.1, -0.05) is 42.0 Å². The molecule has 0 atom stereocenters. The maximum atomic E-state index is 12.2. The summed E-state index contributed by atoms with van der Waals surface area (Å²) >= 11 is 0. The van der Waals surface area contributed by atoms with Crippen molar-refractivity contribution in [3.63, 3.8) is 0 Å². The summed E-state index contributed by atoms with van der Waals surface area (Å²) in [6, 6.07) is 15.1. The second-order valence-corrected chi connectivity index (χ2v) is 6.29. The molecule has 3 aromatic rings. The normalized spacial score (nSPS) is 10.4. The van der Waals surface area contributed by atoms with Crippen LogP contribution in [0, 0.1) is 13.8 Å². The summed E-state index contributed by atoms with van der Waals surface area (Å²) in [6.07, 6.45) is 1.41. The maximum absolute atomic E-state index is 12.2. The fourth-order valence-corrected chi connectivity index (χ4v) is 2.51. The highest BCUT2D eigenvalue weighted by Gasteiger charge is 2.10. The molecule has 138 valence electrons. The van der Waals surface area contributed by atoms with Crippen LogP contribution in [0.1, 0.15) is 27.0 Å². The fourth-order valence-electron chi connectivity index (χ4n) is 2.51. The van der Waals surface area contributed by atoms with Crippen LogP contribution in [0.25, 0.3) is 0 Å². The van der Waals surface area contributed by atoms with E-state index in [2.05, 4.69) is 20.7 Å². The summed E-state index contributed by atoms with van der Waals surface area (Å²) in [7, 11) is 0. The molecule has 0 aliphatic rings. The molecule has 2 amide bonds. The van der Waals surface area contributed by atoms with Crippen LogP contribution in [-0.2, 0) is 17.9 Å². The quantitative estimate of drug-likeness (QED) is 0.704. The zero-order valence-corrected chi connectivity index (χ0v) is 15.3. The van der Waals surface area contributed by atoms with E-state index in [1.165, 1.54) is 11.0 Å². The van der Waals surface area contributed by atoms with Gasteiger partial charge in [-0.15, -0.1) is 5.10 Å². The Morgan fingerprint density at radius 2 is 1.78 bits per heavy atom. The van der Waals surface area contributed by atoms with Crippen molar-refractivity contribution in [2.75, 3.05) is 5.32 Å². The Morgan fingerprint density at radius 1 is 1.04 bits per heavy atom. The van der Waals surface area contributed by atoms with Crippen LogP contribution >= 0.6 is 0 Å². The first-order valence-electron chi connectivity index (χ1n) is 8.60. The fraction of sp³-hybridized carbons (Fsp3) is 0.200. The zero-order valence-electron chi connectivity index (χ0n) is 15.3. The van der Waals surface area contributed by atoms with E-state index in [0.717, 1.165) is 16.7 Å². The highest BCUT2D eigenvalue weighted by atomic mass is 16.2. The van der Waals surface area contributed by atoms with Gasteiger partial charge in [-0.2, -0.15) is 0 Å². The number of nitrogens with one attached hydrogen (secondary N) is 2. The van der Waals surface area contributed by atoms with Gasteiger partial charge in [0.1, 0.15) is 12.9 Å². The summed E-state index contributed by atoms with van der Waals surface area (Å²) in [5.74, 6) is -0.316. The molecule has 0 aliphatic carbocycles. The van der Waals surface area contributed by atoms with E-state index in [0.29, 0.717) is 12.1 Å². The molecule has 1 heterocycles. The van der Waals surface area contributed by atoms with Crippen LogP contribution in [0.3, 0.4) is 0 Å². The van der Waals surface area contributed by atoms with E-state index < -0.39 is 0 Å². The number of carbonyl (C=O) groups excluding carboxylic acids is 2. The molecule has 0 radical (unpaired) electrons. The van der Waals surface area contributed by atoms with E-state index in [4.69, 9.17) is 0 Å². The molecule has 0 aliphatic heterocycles. The molecule has 0 bridgehead atoms. The Hall–Kier alpha value is -3.48. The number of nitrogens with zero attached hydrogens (tertiary/aromatic N) is 3. The van der Waals surface area contributed by atoms with Gasteiger partial charge in [0.2, 0.25) is 11.9 Å². The number of aryl methyl sites for hydroxylation is 2. The van der Waals surface area contributed by atoms with E-state index in [9.17, 15) is 9.59 Å². The third-order valence-electron chi connectivity index (χ3n) is 4.12. The van der Waals surface area contributed by atoms with Crippen molar-refractivity contribution in [1.29, 1.82) is 0 Å². The number of hydrogen-bond acceptors (Lipinski definition) is 4. The van der Waals surface area contributed by atoms with Gasteiger partial charge in [-0.25, -0.2) is 9.67 Å². The molecular weight excluding hydrogens is 342 g/mol. The zero-order chi connectivity index (χ0) is 19.2. The molecule has 0 saturated heterocycles. The first kappa shape index (κ1) is 18.3. The van der Waals surface area contributed by atoms with Gasteiger partial charge >= 0.3 is 0 Å². The topological polar surface area (TPSA) is 88.9 Å². The maximum Gasteiger partial charge on any atom is 0.258 e. The number of amides is 2. The number of carbonyl (C=O) groups is 2. The second-order valence-electron chi connectivity index (χ2n) is 6.29. The predicted molar refractivity (Wildman–Crippen MR) is 102 cm³/mol. The molecule has 0 unspecified atom stereocenters. The predicted octanol–water partition coefficient (Wildman–Crippen LogP) is 2.46. The van der Waals surface area contributed by atoms with Gasteiger partial charge in [0.05, 0.1) is 0 Å². The van der Waals surface area contributed by atoms with Crippen LogP contribution in [0.4, 0.5) is 5.95 Å². The van der Waals surface area contributed by atoms with E-state index in [1.54, 1.807) is 12.1 Å². The van der Waals surface area contributed by atoms with Crippen molar-refractivity contribution in [2.24, 2.45) is 0 Å². The average Bonchev–Trinajstić information content (AvgIpc) is 3.08. The summed E-state index contributed by atoms with van der Waals surface area (Å²) in [5.41, 5.74) is 3.79. The molecule has 0 spiro atoms. The average molecular weight is 363 g/mol. The molecule has 2 aromatic carbocycles. The summed E-state index contributed by atoms with van der Waals surface area (Å²) in [6.45, 7) is 4.44. The minimum absolute atomic E-state index is 0.0271. The van der Waals surface area contributed by atoms with Gasteiger partial charge in [0.15, 0.2) is 0 Å². The third kappa shape index (κ3) is 5.01. The Balaban J connectivity index is 1.53. The Kier molecular flexibility index (Phi) is 5.61. The molecule has 1 aromatic heterocycles. The van der Waals surface area contributed by atoms with E-state index in [1.807, 2.05) is 50.2 Å². The molecular formula is C20H21N5O2. The molecule has 7 heteroatoms. The number of aromatic nitrogens is 3. The first-order chi connectivity index (χ1) is 13.0. The molecule has 7 nitrogen and oxygen atoms in total. The van der Waals surface area contributed by atoms with Gasteiger partial charge in [-0.3, -0.25) is 14.9 Å². The Morgan fingerprint density at radius 3 is 2.52 bits per heavy atom. The van der Waals surface area contributed by atoms with Crippen molar-refractivity contribution in [2.45, 2.75) is 26.9 Å². The van der Waals surface area contributed by atoms with Gasteiger partial charge < -0.3 is 5.32 Å². The van der Waals surface area contributed by atoms with Crippen molar-refractivity contribution in [1.82, 2.24) is 20.1 Å². The Labute approximate surface area is 157 Å². The SMILES string of the molecule is Cc1ccc(C(=O)Nc2ncn(CC(=O)NCc3ccccc3C)n2)cc1. The van der Waals surface area contributed by atoms with E-state index >= 15 is 0 Å².